The van der Waals surface area contributed by atoms with Gasteiger partial charge in [-0.1, -0.05) is 42.5 Å². The highest BCUT2D eigenvalue weighted by atomic mass is 32.2. The minimum absolute atomic E-state index is 0.0530. The fourth-order valence-electron chi connectivity index (χ4n) is 3.54. The van der Waals surface area contributed by atoms with E-state index >= 15 is 0 Å². The fraction of sp³-hybridized carbons (Fsp3) is 0.0800. The molecule has 7 nitrogen and oxygen atoms in total. The van der Waals surface area contributed by atoms with E-state index < -0.39 is 10.0 Å². The van der Waals surface area contributed by atoms with Crippen LogP contribution in [0.25, 0.3) is 10.8 Å². The lowest BCUT2D eigenvalue weighted by Crippen LogP contribution is -2.14. The Hall–Kier alpha value is -4.04. The second-order valence-electron chi connectivity index (χ2n) is 7.32. The Bertz CT molecular complexity index is 1420. The third-order valence-electron chi connectivity index (χ3n) is 5.28. The van der Waals surface area contributed by atoms with E-state index in [1.165, 1.54) is 19.2 Å². The van der Waals surface area contributed by atoms with Gasteiger partial charge in [-0.15, -0.1) is 0 Å². The number of carbonyl (C=O) groups excluding carboxylic acids is 1. The second-order valence-corrected chi connectivity index (χ2v) is 9.00. The number of aromatic hydroxyl groups is 1. The summed E-state index contributed by atoms with van der Waals surface area (Å²) >= 11 is 0. The number of methoxy groups -OCH3 is 1. The molecule has 4 aromatic carbocycles. The zero-order valence-corrected chi connectivity index (χ0v) is 18.6. The number of hydrogen-bond acceptors (Lipinski definition) is 6. The molecule has 3 N–H and O–H groups in total. The fourth-order valence-corrected chi connectivity index (χ4v) is 4.62. The summed E-state index contributed by atoms with van der Waals surface area (Å²) < 4.78 is 33.5. The number of benzene rings is 4. The van der Waals surface area contributed by atoms with Crippen LogP contribution in [-0.2, 0) is 16.6 Å². The molecule has 0 aliphatic carbocycles. The quantitative estimate of drug-likeness (QED) is 0.326. The molecule has 0 saturated heterocycles. The van der Waals surface area contributed by atoms with Gasteiger partial charge in [-0.25, -0.2) is 8.42 Å². The van der Waals surface area contributed by atoms with Crippen molar-refractivity contribution in [3.63, 3.8) is 0 Å². The molecule has 0 unspecified atom stereocenters. The van der Waals surface area contributed by atoms with E-state index in [0.29, 0.717) is 35.2 Å². The topological polar surface area (TPSA) is 105 Å². The normalized spacial score (nSPS) is 11.2. The molecule has 0 aliphatic heterocycles. The number of para-hydroxylation sites is 1. The van der Waals surface area contributed by atoms with Gasteiger partial charge in [0.15, 0.2) is 17.8 Å². The molecule has 4 aromatic rings. The van der Waals surface area contributed by atoms with Crippen molar-refractivity contribution in [1.82, 2.24) is 0 Å². The number of phenols is 1. The Morgan fingerprint density at radius 1 is 0.939 bits per heavy atom. The minimum atomic E-state index is -3.91. The van der Waals surface area contributed by atoms with Gasteiger partial charge in [-0.2, -0.15) is 0 Å². The van der Waals surface area contributed by atoms with Gasteiger partial charge in [0.25, 0.3) is 10.0 Å². The predicted octanol–water partition coefficient (Wildman–Crippen LogP) is 4.78. The van der Waals surface area contributed by atoms with Crippen molar-refractivity contribution in [2.24, 2.45) is 0 Å². The number of phenolic OH excluding ortho intramolecular Hbond substituents is 1. The van der Waals surface area contributed by atoms with Gasteiger partial charge in [-0.3, -0.25) is 9.52 Å². The van der Waals surface area contributed by atoms with Gasteiger partial charge in [0.2, 0.25) is 0 Å². The van der Waals surface area contributed by atoms with Crippen LogP contribution in [0.2, 0.25) is 0 Å². The molecule has 0 spiro atoms. The molecule has 0 atom stereocenters. The molecule has 168 valence electrons. The molecule has 33 heavy (non-hydrogen) atoms. The molecular weight excluding hydrogens is 440 g/mol. The van der Waals surface area contributed by atoms with Crippen LogP contribution in [0.4, 0.5) is 11.4 Å². The van der Waals surface area contributed by atoms with Crippen molar-refractivity contribution in [3.05, 3.63) is 90.0 Å². The Kier molecular flexibility index (Phi) is 6.19. The number of hydrogen-bond donors (Lipinski definition) is 3. The van der Waals surface area contributed by atoms with Crippen LogP contribution in [0.15, 0.2) is 83.8 Å². The highest BCUT2D eigenvalue weighted by Crippen LogP contribution is 2.30. The highest BCUT2D eigenvalue weighted by Gasteiger charge is 2.17. The first-order chi connectivity index (χ1) is 15.9. The molecule has 0 aromatic heterocycles. The zero-order valence-electron chi connectivity index (χ0n) is 17.8. The van der Waals surface area contributed by atoms with E-state index in [4.69, 9.17) is 4.74 Å². The van der Waals surface area contributed by atoms with Crippen LogP contribution in [0, 0.1) is 0 Å². The lowest BCUT2D eigenvalue weighted by molar-refractivity contribution is 0.112. The SMILES string of the molecule is COc1cccc(CNc2ccc(S(=O)(=O)Nc3ccc4ccccc4c3C=O)cc2)c1O. The number of ether oxygens (including phenoxy) is 1. The maximum atomic E-state index is 12.9. The molecule has 0 bridgehead atoms. The van der Waals surface area contributed by atoms with Crippen LogP contribution >= 0.6 is 0 Å². The molecule has 0 heterocycles. The van der Waals surface area contributed by atoms with E-state index in [-0.39, 0.29) is 21.9 Å². The highest BCUT2D eigenvalue weighted by molar-refractivity contribution is 7.92. The van der Waals surface area contributed by atoms with Gasteiger partial charge in [0, 0.05) is 23.4 Å². The van der Waals surface area contributed by atoms with Crippen molar-refractivity contribution in [1.29, 1.82) is 0 Å². The Balaban J connectivity index is 1.52. The van der Waals surface area contributed by atoms with Gasteiger partial charge >= 0.3 is 0 Å². The predicted molar refractivity (Wildman–Crippen MR) is 129 cm³/mol. The summed E-state index contributed by atoms with van der Waals surface area (Å²) in [5.41, 5.74) is 1.83. The van der Waals surface area contributed by atoms with E-state index in [9.17, 15) is 18.3 Å². The van der Waals surface area contributed by atoms with E-state index in [2.05, 4.69) is 10.0 Å². The van der Waals surface area contributed by atoms with Gasteiger partial charge in [0.05, 0.1) is 17.7 Å². The number of aldehydes is 1. The summed E-state index contributed by atoms with van der Waals surface area (Å²) in [5, 5.41) is 14.9. The minimum Gasteiger partial charge on any atom is -0.504 e. The number of sulfonamides is 1. The monoisotopic (exact) mass is 462 g/mol. The van der Waals surface area contributed by atoms with Crippen molar-refractivity contribution in [3.8, 4) is 11.5 Å². The maximum Gasteiger partial charge on any atom is 0.261 e. The molecular formula is C25H22N2O5S. The first-order valence-electron chi connectivity index (χ1n) is 10.1. The summed E-state index contributed by atoms with van der Waals surface area (Å²) in [6.07, 6.45) is 0.654. The smallest absolute Gasteiger partial charge is 0.261 e. The number of fused-ring (bicyclic) bond motifs is 1. The summed E-state index contributed by atoms with van der Waals surface area (Å²) in [7, 11) is -2.43. The molecule has 0 fully saturated rings. The van der Waals surface area contributed by atoms with Gasteiger partial charge in [-0.05, 0) is 47.2 Å². The molecule has 8 heteroatoms. The van der Waals surface area contributed by atoms with Crippen molar-refractivity contribution >= 4 is 38.5 Å². The molecule has 4 rings (SSSR count). The maximum absolute atomic E-state index is 12.9. The van der Waals surface area contributed by atoms with Gasteiger partial charge < -0.3 is 15.2 Å². The van der Waals surface area contributed by atoms with Crippen LogP contribution < -0.4 is 14.8 Å². The summed E-state index contributed by atoms with van der Waals surface area (Å²) in [4.78, 5) is 11.8. The van der Waals surface area contributed by atoms with Crippen LogP contribution in [0.5, 0.6) is 11.5 Å². The van der Waals surface area contributed by atoms with Crippen molar-refractivity contribution in [2.75, 3.05) is 17.1 Å². The number of nitrogens with one attached hydrogen (secondary N) is 2. The first kappa shape index (κ1) is 22.2. The first-order valence-corrected chi connectivity index (χ1v) is 11.6. The number of rotatable bonds is 8. The molecule has 0 saturated carbocycles. The van der Waals surface area contributed by atoms with Crippen molar-refractivity contribution < 1.29 is 23.1 Å². The van der Waals surface area contributed by atoms with Gasteiger partial charge in [0.1, 0.15) is 0 Å². The number of carbonyl (C=O) groups is 1. The van der Waals surface area contributed by atoms with E-state index in [0.717, 1.165) is 5.39 Å². The standard InChI is InChI=1S/C25H22N2O5S/c1-32-24-8-4-6-18(25(24)29)15-26-19-10-12-20(13-11-19)33(30,31)27-23-14-9-17-5-2-3-7-21(17)22(23)16-28/h2-14,16,26-27,29H,15H2,1H3. The van der Waals surface area contributed by atoms with Crippen LogP contribution in [-0.4, -0.2) is 26.9 Å². The van der Waals surface area contributed by atoms with Crippen molar-refractivity contribution in [2.45, 2.75) is 11.4 Å². The lowest BCUT2D eigenvalue weighted by Gasteiger charge is -2.13. The third-order valence-corrected chi connectivity index (χ3v) is 6.66. The Labute approximate surface area is 191 Å². The molecule has 0 aliphatic rings. The average Bonchev–Trinajstić information content (AvgIpc) is 2.83. The summed E-state index contributed by atoms with van der Waals surface area (Å²) in [6, 6.07) is 22.0. The second kappa shape index (κ2) is 9.22. The average molecular weight is 463 g/mol. The lowest BCUT2D eigenvalue weighted by atomic mass is 10.0. The van der Waals surface area contributed by atoms with Crippen LogP contribution in [0.3, 0.4) is 0 Å². The number of anilines is 2. The molecule has 0 amide bonds. The van der Waals surface area contributed by atoms with Crippen LogP contribution in [0.1, 0.15) is 15.9 Å². The largest absolute Gasteiger partial charge is 0.504 e. The molecule has 0 radical (unpaired) electrons. The third kappa shape index (κ3) is 4.61. The Morgan fingerprint density at radius 2 is 1.70 bits per heavy atom. The summed E-state index contributed by atoms with van der Waals surface area (Å²) in [5.74, 6) is 0.433. The summed E-state index contributed by atoms with van der Waals surface area (Å²) in [6.45, 7) is 0.327. The van der Waals surface area contributed by atoms with E-state index in [1.807, 2.05) is 12.1 Å². The zero-order chi connectivity index (χ0) is 23.4. The van der Waals surface area contributed by atoms with E-state index in [1.54, 1.807) is 54.6 Å². The Morgan fingerprint density at radius 3 is 2.42 bits per heavy atom.